The fraction of sp³-hybridized carbons (Fsp3) is 0.682. The summed E-state index contributed by atoms with van der Waals surface area (Å²) < 4.78 is 5.55. The predicted octanol–water partition coefficient (Wildman–Crippen LogP) is 3.54. The van der Waals surface area contributed by atoms with Crippen molar-refractivity contribution < 1.29 is 9.53 Å². The molecule has 27 heavy (non-hydrogen) atoms. The molecule has 5 heteroatoms. The zero-order chi connectivity index (χ0) is 19.4. The summed E-state index contributed by atoms with van der Waals surface area (Å²) in [4.78, 5) is 17.3. The van der Waals surface area contributed by atoms with E-state index in [2.05, 4.69) is 21.9 Å². The normalized spacial score (nSPS) is 20.6. The minimum Gasteiger partial charge on any atom is -0.460 e. The van der Waals surface area contributed by atoms with Crippen molar-refractivity contribution in [3.8, 4) is 0 Å². The van der Waals surface area contributed by atoms with Crippen molar-refractivity contribution in [2.75, 3.05) is 43.4 Å². The monoisotopic (exact) mass is 373 g/mol. The lowest BCUT2D eigenvalue weighted by molar-refractivity contribution is -0.161. The molecular weight excluding hydrogens is 338 g/mol. The Morgan fingerprint density at radius 1 is 1.04 bits per heavy atom. The maximum atomic E-state index is 12.2. The number of benzene rings is 1. The van der Waals surface area contributed by atoms with Gasteiger partial charge in [-0.2, -0.15) is 0 Å². The standard InChI is InChI=1S/C22H35N3O2/c1-22(2,3)27-21(26)18-10-12-24(13-11-18)16-17-8-14-25(15-9-17)20-6-4-19(23)5-7-20/h4-7,17-18H,8-16,23H2,1-3H3. The van der Waals surface area contributed by atoms with Crippen LogP contribution in [0.5, 0.6) is 0 Å². The molecule has 2 fully saturated rings. The van der Waals surface area contributed by atoms with E-state index in [1.54, 1.807) is 0 Å². The second-order valence-electron chi connectivity index (χ2n) is 9.13. The van der Waals surface area contributed by atoms with E-state index in [0.29, 0.717) is 0 Å². The quantitative estimate of drug-likeness (QED) is 0.646. The highest BCUT2D eigenvalue weighted by Gasteiger charge is 2.30. The van der Waals surface area contributed by atoms with Gasteiger partial charge >= 0.3 is 5.97 Å². The molecule has 0 unspecified atom stereocenters. The Morgan fingerprint density at radius 3 is 2.19 bits per heavy atom. The van der Waals surface area contributed by atoms with Crippen molar-refractivity contribution in [1.82, 2.24) is 4.90 Å². The van der Waals surface area contributed by atoms with Gasteiger partial charge in [0.1, 0.15) is 5.60 Å². The lowest BCUT2D eigenvalue weighted by Crippen LogP contribution is -2.43. The molecule has 0 radical (unpaired) electrons. The molecule has 0 spiro atoms. The van der Waals surface area contributed by atoms with Gasteiger partial charge in [-0.1, -0.05) is 0 Å². The topological polar surface area (TPSA) is 58.8 Å². The summed E-state index contributed by atoms with van der Waals surface area (Å²) in [5.74, 6) is 0.819. The molecule has 2 N–H and O–H groups in total. The van der Waals surface area contributed by atoms with E-state index in [-0.39, 0.29) is 17.5 Å². The van der Waals surface area contributed by atoms with Gasteiger partial charge in [0.25, 0.3) is 0 Å². The number of rotatable bonds is 4. The van der Waals surface area contributed by atoms with Crippen LogP contribution in [0.25, 0.3) is 0 Å². The lowest BCUT2D eigenvalue weighted by atomic mass is 9.92. The highest BCUT2D eigenvalue weighted by atomic mass is 16.6. The lowest BCUT2D eigenvalue weighted by Gasteiger charge is -2.38. The van der Waals surface area contributed by atoms with Crippen LogP contribution in [0.3, 0.4) is 0 Å². The summed E-state index contributed by atoms with van der Waals surface area (Å²) in [5, 5.41) is 0. The van der Waals surface area contributed by atoms with Crippen molar-refractivity contribution in [2.45, 2.75) is 52.1 Å². The maximum Gasteiger partial charge on any atom is 0.309 e. The van der Waals surface area contributed by atoms with Crippen molar-refractivity contribution >= 4 is 17.3 Å². The second kappa shape index (κ2) is 8.51. The molecule has 2 heterocycles. The van der Waals surface area contributed by atoms with Gasteiger partial charge in [-0.15, -0.1) is 0 Å². The van der Waals surface area contributed by atoms with E-state index in [1.165, 1.54) is 18.5 Å². The van der Waals surface area contributed by atoms with E-state index >= 15 is 0 Å². The summed E-state index contributed by atoms with van der Waals surface area (Å²) in [6, 6.07) is 8.21. The zero-order valence-electron chi connectivity index (χ0n) is 17.1. The number of nitrogens with zero attached hydrogens (tertiary/aromatic N) is 2. The van der Waals surface area contributed by atoms with Gasteiger partial charge in [0.05, 0.1) is 5.92 Å². The third-order valence-corrected chi connectivity index (χ3v) is 5.72. The maximum absolute atomic E-state index is 12.2. The Balaban J connectivity index is 1.39. The van der Waals surface area contributed by atoms with E-state index < -0.39 is 0 Å². The molecule has 150 valence electrons. The largest absolute Gasteiger partial charge is 0.460 e. The van der Waals surface area contributed by atoms with Gasteiger partial charge in [0, 0.05) is 31.0 Å². The number of carbonyl (C=O) groups is 1. The van der Waals surface area contributed by atoms with Crippen molar-refractivity contribution in [3.63, 3.8) is 0 Å². The number of ether oxygens (including phenoxy) is 1. The molecule has 3 rings (SSSR count). The Hall–Kier alpha value is -1.75. The van der Waals surface area contributed by atoms with Crippen LogP contribution in [0, 0.1) is 11.8 Å². The SMILES string of the molecule is CC(C)(C)OC(=O)C1CCN(CC2CCN(c3ccc(N)cc3)CC2)CC1. The number of nitrogen functional groups attached to an aromatic ring is 1. The zero-order valence-corrected chi connectivity index (χ0v) is 17.1. The average Bonchev–Trinajstić information content (AvgIpc) is 2.62. The van der Waals surface area contributed by atoms with Crippen LogP contribution in [0.1, 0.15) is 46.5 Å². The van der Waals surface area contributed by atoms with Gasteiger partial charge < -0.3 is 20.3 Å². The first-order valence-electron chi connectivity index (χ1n) is 10.4. The minimum absolute atomic E-state index is 0.0149. The molecule has 2 aliphatic heterocycles. The fourth-order valence-corrected chi connectivity index (χ4v) is 4.16. The molecule has 1 aromatic carbocycles. The Bertz CT molecular complexity index is 607. The first-order valence-corrected chi connectivity index (χ1v) is 10.4. The minimum atomic E-state index is -0.382. The summed E-state index contributed by atoms with van der Waals surface area (Å²) >= 11 is 0. The number of likely N-dealkylation sites (tertiary alicyclic amines) is 1. The molecule has 0 amide bonds. The molecule has 0 saturated carbocycles. The Morgan fingerprint density at radius 2 is 1.63 bits per heavy atom. The number of hydrogen-bond donors (Lipinski definition) is 1. The molecule has 0 bridgehead atoms. The second-order valence-corrected chi connectivity index (χ2v) is 9.13. The average molecular weight is 374 g/mol. The smallest absolute Gasteiger partial charge is 0.309 e. The third kappa shape index (κ3) is 5.86. The van der Waals surface area contributed by atoms with Crippen molar-refractivity contribution in [1.29, 1.82) is 0 Å². The summed E-state index contributed by atoms with van der Waals surface area (Å²) in [5.41, 5.74) is 7.51. The highest BCUT2D eigenvalue weighted by molar-refractivity contribution is 5.73. The number of hydrogen-bond acceptors (Lipinski definition) is 5. The van der Waals surface area contributed by atoms with Crippen molar-refractivity contribution in [2.24, 2.45) is 11.8 Å². The fourth-order valence-electron chi connectivity index (χ4n) is 4.16. The van der Waals surface area contributed by atoms with Gasteiger partial charge in [-0.3, -0.25) is 4.79 Å². The van der Waals surface area contributed by atoms with E-state index in [0.717, 1.165) is 57.2 Å². The van der Waals surface area contributed by atoms with Crippen LogP contribution in [-0.2, 0) is 9.53 Å². The molecule has 2 aliphatic rings. The number of piperidine rings is 2. The Kier molecular flexibility index (Phi) is 6.30. The molecule has 2 saturated heterocycles. The first kappa shape index (κ1) is 20.0. The molecule has 0 atom stereocenters. The number of anilines is 2. The summed E-state index contributed by atoms with van der Waals surface area (Å²) in [6.45, 7) is 11.2. The number of esters is 1. The van der Waals surface area contributed by atoms with Gasteiger partial charge in [-0.25, -0.2) is 0 Å². The van der Waals surface area contributed by atoms with Crippen LogP contribution in [0.4, 0.5) is 11.4 Å². The summed E-state index contributed by atoms with van der Waals surface area (Å²) in [6.07, 6.45) is 4.32. The highest BCUT2D eigenvalue weighted by Crippen LogP contribution is 2.27. The van der Waals surface area contributed by atoms with Crippen LogP contribution in [-0.4, -0.2) is 49.2 Å². The molecular formula is C22H35N3O2. The first-order chi connectivity index (χ1) is 12.8. The molecule has 0 aliphatic carbocycles. The predicted molar refractivity (Wildman–Crippen MR) is 111 cm³/mol. The van der Waals surface area contributed by atoms with Crippen molar-refractivity contribution in [3.05, 3.63) is 24.3 Å². The van der Waals surface area contributed by atoms with Crippen LogP contribution in [0.15, 0.2) is 24.3 Å². The molecule has 0 aromatic heterocycles. The summed E-state index contributed by atoms with van der Waals surface area (Å²) in [7, 11) is 0. The van der Waals surface area contributed by atoms with Crippen LogP contribution in [0.2, 0.25) is 0 Å². The van der Waals surface area contributed by atoms with E-state index in [4.69, 9.17) is 10.5 Å². The van der Waals surface area contributed by atoms with Gasteiger partial charge in [0.2, 0.25) is 0 Å². The van der Waals surface area contributed by atoms with E-state index in [1.807, 2.05) is 32.9 Å². The van der Waals surface area contributed by atoms with Gasteiger partial charge in [0.15, 0.2) is 0 Å². The molecule has 1 aromatic rings. The van der Waals surface area contributed by atoms with E-state index in [9.17, 15) is 4.79 Å². The molecule has 5 nitrogen and oxygen atoms in total. The van der Waals surface area contributed by atoms with Crippen LogP contribution >= 0.6 is 0 Å². The van der Waals surface area contributed by atoms with Crippen LogP contribution < -0.4 is 10.6 Å². The number of nitrogens with two attached hydrogens (primary N) is 1. The Labute approximate surface area is 163 Å². The van der Waals surface area contributed by atoms with Gasteiger partial charge in [-0.05, 0) is 89.7 Å². The number of carbonyl (C=O) groups excluding carboxylic acids is 1. The third-order valence-electron chi connectivity index (χ3n) is 5.72.